The van der Waals surface area contributed by atoms with Crippen LogP contribution in [0.1, 0.15) is 39.2 Å². The van der Waals surface area contributed by atoms with Gasteiger partial charge in [0.2, 0.25) is 0 Å². The first-order chi connectivity index (χ1) is 10.1. The van der Waals surface area contributed by atoms with Crippen LogP contribution in [0.2, 0.25) is 0 Å². The van der Waals surface area contributed by atoms with Crippen LogP contribution < -0.4 is 10.2 Å². The summed E-state index contributed by atoms with van der Waals surface area (Å²) in [4.78, 5) is 2.25. The second kappa shape index (κ2) is 10.2. The average molecular weight is 357 g/mol. The number of halogens is 1. The normalized spacial score (nSPS) is 11.1. The van der Waals surface area contributed by atoms with Gasteiger partial charge in [0.05, 0.1) is 6.61 Å². The summed E-state index contributed by atoms with van der Waals surface area (Å²) in [5, 5.41) is 12.7. The van der Waals surface area contributed by atoms with Crippen LogP contribution >= 0.6 is 15.9 Å². The molecule has 0 unspecified atom stereocenters. The second-order valence-electron chi connectivity index (χ2n) is 5.86. The van der Waals surface area contributed by atoms with E-state index in [0.717, 1.165) is 30.5 Å². The number of unbranched alkanes of at least 4 members (excludes halogenated alkanes) is 1. The maximum atomic E-state index is 9.23. The molecule has 21 heavy (non-hydrogen) atoms. The molecule has 4 heteroatoms. The molecule has 0 saturated carbocycles. The zero-order chi connectivity index (χ0) is 15.7. The molecular formula is C17H29BrN2O. The first kappa shape index (κ1) is 18.5. The molecule has 0 heterocycles. The van der Waals surface area contributed by atoms with Crippen molar-refractivity contribution in [2.45, 2.75) is 40.2 Å². The van der Waals surface area contributed by atoms with Crippen molar-refractivity contribution in [2.75, 3.05) is 31.1 Å². The zero-order valence-electron chi connectivity index (χ0n) is 13.5. The molecule has 0 spiro atoms. The highest BCUT2D eigenvalue weighted by atomic mass is 79.9. The Morgan fingerprint density at radius 3 is 2.62 bits per heavy atom. The van der Waals surface area contributed by atoms with Crippen molar-refractivity contribution in [2.24, 2.45) is 5.92 Å². The quantitative estimate of drug-likeness (QED) is 0.669. The summed E-state index contributed by atoms with van der Waals surface area (Å²) in [5.41, 5.74) is 2.45. The minimum Gasteiger partial charge on any atom is -0.395 e. The van der Waals surface area contributed by atoms with Crippen molar-refractivity contribution in [3.8, 4) is 0 Å². The number of benzene rings is 1. The van der Waals surface area contributed by atoms with E-state index < -0.39 is 0 Å². The first-order valence-corrected chi connectivity index (χ1v) is 8.72. The van der Waals surface area contributed by atoms with Gasteiger partial charge in [-0.25, -0.2) is 0 Å². The Hall–Kier alpha value is -0.580. The number of hydrogen-bond donors (Lipinski definition) is 2. The number of hydrogen-bond acceptors (Lipinski definition) is 3. The fourth-order valence-electron chi connectivity index (χ4n) is 2.21. The summed E-state index contributed by atoms with van der Waals surface area (Å²) >= 11 is 3.67. The molecule has 0 aliphatic rings. The minimum atomic E-state index is 0.193. The molecule has 1 aromatic rings. The third-order valence-electron chi connectivity index (χ3n) is 3.42. The Morgan fingerprint density at radius 1 is 1.29 bits per heavy atom. The maximum absolute atomic E-state index is 9.23. The highest BCUT2D eigenvalue weighted by Gasteiger charge is 2.08. The Balaban J connectivity index is 2.69. The van der Waals surface area contributed by atoms with E-state index in [4.69, 9.17) is 0 Å². The number of rotatable bonds is 10. The van der Waals surface area contributed by atoms with Gasteiger partial charge < -0.3 is 15.3 Å². The number of nitrogens with zero attached hydrogens (tertiary/aromatic N) is 1. The van der Waals surface area contributed by atoms with Gasteiger partial charge in [-0.05, 0) is 36.6 Å². The zero-order valence-corrected chi connectivity index (χ0v) is 15.1. The molecule has 0 radical (unpaired) electrons. The Kier molecular flexibility index (Phi) is 8.97. The lowest BCUT2D eigenvalue weighted by atomic mass is 10.1. The average Bonchev–Trinajstić information content (AvgIpc) is 2.45. The van der Waals surface area contributed by atoms with Gasteiger partial charge in [0.1, 0.15) is 0 Å². The van der Waals surface area contributed by atoms with Gasteiger partial charge in [0.25, 0.3) is 0 Å². The SMILES string of the molecule is CCCCN(CCO)c1ccc(CNCC(C)C)c(Br)c1. The van der Waals surface area contributed by atoms with Crippen LogP contribution in [-0.4, -0.2) is 31.3 Å². The van der Waals surface area contributed by atoms with Gasteiger partial charge in [-0.15, -0.1) is 0 Å². The van der Waals surface area contributed by atoms with Crippen LogP contribution in [0.4, 0.5) is 5.69 Å². The highest BCUT2D eigenvalue weighted by molar-refractivity contribution is 9.10. The second-order valence-corrected chi connectivity index (χ2v) is 6.72. The van der Waals surface area contributed by atoms with E-state index in [-0.39, 0.29) is 6.61 Å². The van der Waals surface area contributed by atoms with Gasteiger partial charge in [-0.1, -0.05) is 49.2 Å². The predicted molar refractivity (Wildman–Crippen MR) is 94.9 cm³/mol. The summed E-state index contributed by atoms with van der Waals surface area (Å²) in [6.07, 6.45) is 2.32. The Morgan fingerprint density at radius 2 is 2.05 bits per heavy atom. The molecule has 0 atom stereocenters. The molecule has 0 bridgehead atoms. The topological polar surface area (TPSA) is 35.5 Å². The third-order valence-corrected chi connectivity index (χ3v) is 4.16. The van der Waals surface area contributed by atoms with Crippen molar-refractivity contribution in [1.82, 2.24) is 5.32 Å². The molecule has 0 aromatic heterocycles. The van der Waals surface area contributed by atoms with E-state index in [9.17, 15) is 5.11 Å². The molecule has 3 nitrogen and oxygen atoms in total. The van der Waals surface area contributed by atoms with Crippen LogP contribution in [0, 0.1) is 5.92 Å². The summed E-state index contributed by atoms with van der Waals surface area (Å²) in [7, 11) is 0. The third kappa shape index (κ3) is 6.81. The van der Waals surface area contributed by atoms with E-state index in [1.165, 1.54) is 17.7 Å². The number of aliphatic hydroxyl groups excluding tert-OH is 1. The van der Waals surface area contributed by atoms with Gasteiger partial charge in [-0.3, -0.25) is 0 Å². The van der Waals surface area contributed by atoms with Crippen LogP contribution in [0.3, 0.4) is 0 Å². The fourth-order valence-corrected chi connectivity index (χ4v) is 2.72. The summed E-state index contributed by atoms with van der Waals surface area (Å²) in [6, 6.07) is 6.49. The number of aliphatic hydroxyl groups is 1. The Labute approximate surface area is 137 Å². The highest BCUT2D eigenvalue weighted by Crippen LogP contribution is 2.24. The summed E-state index contributed by atoms with van der Waals surface area (Å²) in [5.74, 6) is 0.664. The van der Waals surface area contributed by atoms with Crippen LogP contribution in [-0.2, 0) is 6.54 Å². The van der Waals surface area contributed by atoms with Crippen LogP contribution in [0.5, 0.6) is 0 Å². The van der Waals surface area contributed by atoms with Crippen molar-refractivity contribution in [3.63, 3.8) is 0 Å². The minimum absolute atomic E-state index is 0.193. The van der Waals surface area contributed by atoms with Gasteiger partial charge >= 0.3 is 0 Å². The molecule has 0 amide bonds. The van der Waals surface area contributed by atoms with E-state index in [2.05, 4.69) is 65.1 Å². The Bertz CT molecular complexity index is 410. The van der Waals surface area contributed by atoms with Crippen molar-refractivity contribution >= 4 is 21.6 Å². The summed E-state index contributed by atoms with van der Waals surface area (Å²) < 4.78 is 1.13. The monoisotopic (exact) mass is 356 g/mol. The standard InChI is InChI=1S/C17H29BrN2O/c1-4-5-8-20(9-10-21)16-7-6-15(17(18)11-16)13-19-12-14(2)3/h6-7,11,14,19,21H,4-5,8-10,12-13H2,1-3H3. The van der Waals surface area contributed by atoms with Crippen molar-refractivity contribution in [3.05, 3.63) is 28.2 Å². The van der Waals surface area contributed by atoms with E-state index in [0.29, 0.717) is 12.5 Å². The molecule has 1 aromatic carbocycles. The van der Waals surface area contributed by atoms with E-state index in [1.54, 1.807) is 0 Å². The molecule has 2 N–H and O–H groups in total. The molecule has 120 valence electrons. The fraction of sp³-hybridized carbons (Fsp3) is 0.647. The van der Waals surface area contributed by atoms with Crippen LogP contribution in [0.25, 0.3) is 0 Å². The molecule has 0 saturated heterocycles. The summed E-state index contributed by atoms with van der Waals surface area (Å²) in [6.45, 7) is 10.4. The molecule has 0 aliphatic heterocycles. The van der Waals surface area contributed by atoms with Gasteiger partial charge in [-0.2, -0.15) is 0 Å². The van der Waals surface area contributed by atoms with E-state index >= 15 is 0 Å². The largest absolute Gasteiger partial charge is 0.395 e. The molecular weight excluding hydrogens is 328 g/mol. The lowest BCUT2D eigenvalue weighted by molar-refractivity contribution is 0.301. The van der Waals surface area contributed by atoms with Crippen LogP contribution in [0.15, 0.2) is 22.7 Å². The van der Waals surface area contributed by atoms with Gasteiger partial charge in [0.15, 0.2) is 0 Å². The predicted octanol–water partition coefficient (Wildman–Crippen LogP) is 3.79. The maximum Gasteiger partial charge on any atom is 0.0606 e. The van der Waals surface area contributed by atoms with Gasteiger partial charge in [0, 0.05) is 29.8 Å². The smallest absolute Gasteiger partial charge is 0.0606 e. The molecule has 1 rings (SSSR count). The molecule has 0 fully saturated rings. The number of nitrogens with one attached hydrogen (secondary N) is 1. The van der Waals surface area contributed by atoms with Crippen molar-refractivity contribution in [1.29, 1.82) is 0 Å². The van der Waals surface area contributed by atoms with E-state index in [1.807, 2.05) is 0 Å². The lowest BCUT2D eigenvalue weighted by Crippen LogP contribution is -2.27. The lowest BCUT2D eigenvalue weighted by Gasteiger charge is -2.24. The van der Waals surface area contributed by atoms with Crippen molar-refractivity contribution < 1.29 is 5.11 Å². The first-order valence-electron chi connectivity index (χ1n) is 7.93. The number of anilines is 1. The molecule has 0 aliphatic carbocycles.